The summed E-state index contributed by atoms with van der Waals surface area (Å²) in [7, 11) is 2.31. The van der Waals surface area contributed by atoms with Gasteiger partial charge in [0.05, 0.1) is 0 Å². The van der Waals surface area contributed by atoms with Crippen molar-refractivity contribution in [1.82, 2.24) is 9.80 Å². The highest BCUT2D eigenvalue weighted by Crippen LogP contribution is 2.34. The fourth-order valence-electron chi connectivity index (χ4n) is 4.32. The van der Waals surface area contributed by atoms with E-state index >= 15 is 0 Å². The quantitative estimate of drug-likeness (QED) is 0.927. The van der Waals surface area contributed by atoms with Crippen LogP contribution in [-0.2, 0) is 0 Å². The highest BCUT2D eigenvalue weighted by molar-refractivity contribution is 5.30. The largest absolute Gasteiger partial charge is 0.326 e. The van der Waals surface area contributed by atoms with Crippen LogP contribution in [0.15, 0.2) is 24.3 Å². The zero-order valence-electron chi connectivity index (χ0n) is 13.6. The molecule has 2 fully saturated rings. The van der Waals surface area contributed by atoms with Gasteiger partial charge < -0.3 is 5.73 Å². The summed E-state index contributed by atoms with van der Waals surface area (Å²) in [6.07, 6.45) is 4.00. The van der Waals surface area contributed by atoms with E-state index in [2.05, 4.69) is 55.0 Å². The number of likely N-dealkylation sites (N-methyl/N-ethyl adjacent to an activating group) is 1. The van der Waals surface area contributed by atoms with Crippen LogP contribution in [0.1, 0.15) is 43.4 Å². The molecule has 21 heavy (non-hydrogen) atoms. The number of nitrogens with two attached hydrogens (primary N) is 1. The molecule has 2 aliphatic heterocycles. The zero-order valence-corrected chi connectivity index (χ0v) is 13.6. The summed E-state index contributed by atoms with van der Waals surface area (Å²) in [6.45, 7) is 6.70. The second kappa shape index (κ2) is 6.07. The third-order valence-electron chi connectivity index (χ3n) is 5.58. The van der Waals surface area contributed by atoms with Crippen LogP contribution < -0.4 is 5.73 Å². The number of nitrogens with zero attached hydrogens (tertiary/aromatic N) is 2. The lowest BCUT2D eigenvalue weighted by molar-refractivity contribution is 0.155. The summed E-state index contributed by atoms with van der Waals surface area (Å²) in [5.74, 6) is 0. The Balaban J connectivity index is 1.86. The van der Waals surface area contributed by atoms with Crippen molar-refractivity contribution >= 4 is 0 Å². The lowest BCUT2D eigenvalue weighted by Gasteiger charge is -2.36. The molecule has 0 radical (unpaired) electrons. The van der Waals surface area contributed by atoms with Crippen molar-refractivity contribution in [2.45, 2.75) is 57.3 Å². The van der Waals surface area contributed by atoms with E-state index < -0.39 is 0 Å². The smallest absolute Gasteiger partial charge is 0.0499 e. The Hall–Kier alpha value is -0.900. The average Bonchev–Trinajstić information content (AvgIpc) is 2.68. The molecular formula is C18H29N3. The summed E-state index contributed by atoms with van der Waals surface area (Å²) in [6, 6.07) is 10.7. The van der Waals surface area contributed by atoms with Gasteiger partial charge >= 0.3 is 0 Å². The van der Waals surface area contributed by atoms with Crippen LogP contribution in [0.5, 0.6) is 0 Å². The molecule has 0 aliphatic carbocycles. The SMILES string of the molecule is Cc1ccccc1C(C(C)N)N1CCC2CCC(C1)N2C. The van der Waals surface area contributed by atoms with E-state index in [4.69, 9.17) is 5.73 Å². The first-order valence-corrected chi connectivity index (χ1v) is 8.35. The molecule has 2 heterocycles. The lowest BCUT2D eigenvalue weighted by Crippen LogP contribution is -2.44. The van der Waals surface area contributed by atoms with Crippen LogP contribution in [0.3, 0.4) is 0 Å². The Morgan fingerprint density at radius 2 is 1.86 bits per heavy atom. The van der Waals surface area contributed by atoms with Crippen molar-refractivity contribution in [3.05, 3.63) is 35.4 Å². The number of fused-ring (bicyclic) bond motifs is 2. The monoisotopic (exact) mass is 287 g/mol. The summed E-state index contributed by atoms with van der Waals surface area (Å²) >= 11 is 0. The molecule has 2 saturated heterocycles. The minimum absolute atomic E-state index is 0.160. The van der Waals surface area contributed by atoms with Gasteiger partial charge in [-0.25, -0.2) is 0 Å². The third-order valence-corrected chi connectivity index (χ3v) is 5.58. The number of hydrogen-bond donors (Lipinski definition) is 1. The van der Waals surface area contributed by atoms with E-state index in [1.807, 2.05) is 0 Å². The van der Waals surface area contributed by atoms with Gasteiger partial charge in [0.25, 0.3) is 0 Å². The Kier molecular flexibility index (Phi) is 4.34. The molecule has 2 N–H and O–H groups in total. The van der Waals surface area contributed by atoms with Crippen molar-refractivity contribution in [2.75, 3.05) is 20.1 Å². The van der Waals surface area contributed by atoms with Crippen molar-refractivity contribution in [3.8, 4) is 0 Å². The summed E-state index contributed by atoms with van der Waals surface area (Å²) in [5.41, 5.74) is 9.17. The van der Waals surface area contributed by atoms with Gasteiger partial charge in [-0.05, 0) is 51.3 Å². The third kappa shape index (κ3) is 2.87. The predicted molar refractivity (Wildman–Crippen MR) is 88.3 cm³/mol. The molecule has 0 saturated carbocycles. The molecule has 4 unspecified atom stereocenters. The van der Waals surface area contributed by atoms with E-state index in [1.54, 1.807) is 0 Å². The number of rotatable bonds is 3. The van der Waals surface area contributed by atoms with Gasteiger partial charge in [0.1, 0.15) is 0 Å². The molecule has 2 bridgehead atoms. The lowest BCUT2D eigenvalue weighted by atomic mass is 9.93. The number of likely N-dealkylation sites (tertiary alicyclic amines) is 1. The van der Waals surface area contributed by atoms with E-state index in [9.17, 15) is 0 Å². The van der Waals surface area contributed by atoms with E-state index in [1.165, 1.54) is 36.9 Å². The van der Waals surface area contributed by atoms with Crippen molar-refractivity contribution in [1.29, 1.82) is 0 Å². The second-order valence-corrected chi connectivity index (χ2v) is 6.99. The van der Waals surface area contributed by atoms with Gasteiger partial charge in [-0.1, -0.05) is 24.3 Å². The molecule has 1 aromatic rings. The van der Waals surface area contributed by atoms with Crippen molar-refractivity contribution in [3.63, 3.8) is 0 Å². The highest BCUT2D eigenvalue weighted by atomic mass is 15.3. The van der Waals surface area contributed by atoms with E-state index in [0.717, 1.165) is 12.6 Å². The van der Waals surface area contributed by atoms with Crippen LogP contribution in [-0.4, -0.2) is 48.1 Å². The highest BCUT2D eigenvalue weighted by Gasteiger charge is 2.37. The van der Waals surface area contributed by atoms with Gasteiger partial charge in [-0.2, -0.15) is 0 Å². The van der Waals surface area contributed by atoms with Crippen LogP contribution in [0, 0.1) is 6.92 Å². The summed E-state index contributed by atoms with van der Waals surface area (Å²) in [4.78, 5) is 5.25. The first kappa shape index (κ1) is 15.0. The molecular weight excluding hydrogens is 258 g/mol. The topological polar surface area (TPSA) is 32.5 Å². The van der Waals surface area contributed by atoms with Gasteiger partial charge in [0.2, 0.25) is 0 Å². The first-order valence-electron chi connectivity index (χ1n) is 8.35. The first-order chi connectivity index (χ1) is 10.1. The Morgan fingerprint density at radius 3 is 2.57 bits per heavy atom. The van der Waals surface area contributed by atoms with Crippen LogP contribution in [0.25, 0.3) is 0 Å². The molecule has 3 heteroatoms. The maximum atomic E-state index is 6.40. The van der Waals surface area contributed by atoms with Gasteiger partial charge in [-0.15, -0.1) is 0 Å². The Labute approximate surface area is 129 Å². The summed E-state index contributed by atoms with van der Waals surface area (Å²) < 4.78 is 0. The molecule has 3 rings (SSSR count). The average molecular weight is 287 g/mol. The van der Waals surface area contributed by atoms with Gasteiger partial charge in [0, 0.05) is 37.3 Å². The zero-order chi connectivity index (χ0) is 15.0. The van der Waals surface area contributed by atoms with Crippen LogP contribution in [0.2, 0.25) is 0 Å². The minimum Gasteiger partial charge on any atom is -0.326 e. The van der Waals surface area contributed by atoms with Crippen molar-refractivity contribution < 1.29 is 0 Å². The molecule has 1 aromatic carbocycles. The minimum atomic E-state index is 0.160. The maximum Gasteiger partial charge on any atom is 0.0499 e. The van der Waals surface area contributed by atoms with E-state index in [0.29, 0.717) is 12.1 Å². The molecule has 0 aromatic heterocycles. The fraction of sp³-hybridized carbons (Fsp3) is 0.667. The normalized spacial score (nSPS) is 30.1. The van der Waals surface area contributed by atoms with Crippen LogP contribution in [0.4, 0.5) is 0 Å². The van der Waals surface area contributed by atoms with Crippen molar-refractivity contribution in [2.24, 2.45) is 5.73 Å². The van der Waals surface area contributed by atoms with Gasteiger partial charge in [-0.3, -0.25) is 9.80 Å². The Morgan fingerprint density at radius 1 is 1.14 bits per heavy atom. The second-order valence-electron chi connectivity index (χ2n) is 6.99. The molecule has 4 atom stereocenters. The molecule has 3 nitrogen and oxygen atoms in total. The maximum absolute atomic E-state index is 6.40. The molecule has 0 amide bonds. The van der Waals surface area contributed by atoms with Gasteiger partial charge in [0.15, 0.2) is 0 Å². The molecule has 116 valence electrons. The fourth-order valence-corrected chi connectivity index (χ4v) is 4.32. The predicted octanol–water partition coefficient (Wildman–Crippen LogP) is 2.55. The number of hydrogen-bond acceptors (Lipinski definition) is 3. The van der Waals surface area contributed by atoms with E-state index in [-0.39, 0.29) is 6.04 Å². The number of benzene rings is 1. The molecule has 0 spiro atoms. The standard InChI is InChI=1S/C18H29N3/c1-13-6-4-5-7-17(13)18(14(2)19)21-11-10-15-8-9-16(12-21)20(15)3/h4-7,14-16,18H,8-12,19H2,1-3H3. The Bertz CT molecular complexity index is 485. The molecule has 2 aliphatic rings. The van der Waals surface area contributed by atoms with Crippen LogP contribution >= 0.6 is 0 Å². The summed E-state index contributed by atoms with van der Waals surface area (Å²) in [5, 5.41) is 0. The number of aryl methyl sites for hydroxylation is 1.